The van der Waals surface area contributed by atoms with Crippen molar-refractivity contribution in [2.24, 2.45) is 5.92 Å². The lowest BCUT2D eigenvalue weighted by Gasteiger charge is -2.21. The number of nitrogens with two attached hydrogens (primary N) is 1. The van der Waals surface area contributed by atoms with Crippen LogP contribution in [0.4, 0.5) is 5.69 Å². The first-order chi connectivity index (χ1) is 12.4. The normalized spacial score (nSPS) is 12.0. The number of anilines is 1. The number of carboxylic acids is 1. The molecule has 0 bridgehead atoms. The minimum atomic E-state index is -1.07. The van der Waals surface area contributed by atoms with E-state index in [0.717, 1.165) is 5.56 Å². The quantitative estimate of drug-likeness (QED) is 0.496. The first-order valence-electron chi connectivity index (χ1n) is 8.45. The summed E-state index contributed by atoms with van der Waals surface area (Å²) in [4.78, 5) is 23.7. The van der Waals surface area contributed by atoms with Gasteiger partial charge in [0.05, 0.1) is 5.56 Å². The highest BCUT2D eigenvalue weighted by Crippen LogP contribution is 2.24. The van der Waals surface area contributed by atoms with Gasteiger partial charge >= 0.3 is 11.9 Å². The summed E-state index contributed by atoms with van der Waals surface area (Å²) in [6, 6.07) is 13.0. The lowest BCUT2D eigenvalue weighted by Crippen LogP contribution is -2.33. The number of nitrogen functional groups attached to an aromatic ring is 1. The van der Waals surface area contributed by atoms with Gasteiger partial charge in [0.2, 0.25) is 0 Å². The van der Waals surface area contributed by atoms with Gasteiger partial charge in [-0.3, -0.25) is 0 Å². The summed E-state index contributed by atoms with van der Waals surface area (Å²) in [5.41, 5.74) is 7.71. The third kappa shape index (κ3) is 5.32. The molecule has 0 heterocycles. The molecule has 0 fully saturated rings. The van der Waals surface area contributed by atoms with Gasteiger partial charge in [-0.25, -0.2) is 9.59 Å². The van der Waals surface area contributed by atoms with Gasteiger partial charge in [-0.2, -0.15) is 0 Å². The van der Waals surface area contributed by atoms with Crippen LogP contribution in [0.25, 0.3) is 0 Å². The van der Waals surface area contributed by atoms with Crippen molar-refractivity contribution in [1.82, 2.24) is 5.32 Å². The first kappa shape index (κ1) is 19.5. The molecular formula is C20H24N2O4. The molecule has 0 aliphatic heterocycles. The van der Waals surface area contributed by atoms with Crippen LogP contribution in [0.5, 0.6) is 0 Å². The van der Waals surface area contributed by atoms with Crippen LogP contribution in [0, 0.1) is 5.92 Å². The number of carbonyl (C=O) groups excluding carboxylic acids is 1. The van der Waals surface area contributed by atoms with Crippen LogP contribution in [0.15, 0.2) is 48.5 Å². The molecule has 26 heavy (non-hydrogen) atoms. The maximum atomic E-state index is 12.6. The number of nitrogens with one attached hydrogen (secondary N) is 1. The molecule has 1 atom stereocenters. The minimum absolute atomic E-state index is 0.0755. The Morgan fingerprint density at radius 2 is 1.85 bits per heavy atom. The Bertz CT molecular complexity index is 760. The highest BCUT2D eigenvalue weighted by molar-refractivity contribution is 5.90. The average molecular weight is 356 g/mol. The number of aromatic carboxylic acids is 1. The summed E-state index contributed by atoms with van der Waals surface area (Å²) < 4.78 is 5.44. The van der Waals surface area contributed by atoms with Crippen molar-refractivity contribution in [2.75, 3.05) is 12.3 Å². The second kappa shape index (κ2) is 9.01. The molecule has 0 amide bonds. The van der Waals surface area contributed by atoms with E-state index in [9.17, 15) is 9.59 Å². The number of carboxylic acid groups (broad SMARTS) is 1. The van der Waals surface area contributed by atoms with E-state index in [-0.39, 0.29) is 17.9 Å². The summed E-state index contributed by atoms with van der Waals surface area (Å²) >= 11 is 0. The zero-order valence-corrected chi connectivity index (χ0v) is 14.9. The lowest BCUT2D eigenvalue weighted by atomic mass is 10.0. The van der Waals surface area contributed by atoms with Gasteiger partial charge in [-0.15, -0.1) is 0 Å². The third-order valence-corrected chi connectivity index (χ3v) is 3.83. The predicted octanol–water partition coefficient (Wildman–Crippen LogP) is 3.00. The van der Waals surface area contributed by atoms with Crippen LogP contribution < -0.4 is 11.1 Å². The lowest BCUT2D eigenvalue weighted by molar-refractivity contribution is -0.147. The number of esters is 1. The summed E-state index contributed by atoms with van der Waals surface area (Å²) in [7, 11) is 0. The Balaban J connectivity index is 2.19. The molecule has 0 saturated heterocycles. The number of hydrogen-bond donors (Lipinski definition) is 3. The molecule has 4 N–H and O–H groups in total. The van der Waals surface area contributed by atoms with Crippen molar-refractivity contribution >= 4 is 17.6 Å². The van der Waals surface area contributed by atoms with Gasteiger partial charge in [-0.1, -0.05) is 50.2 Å². The molecule has 2 aromatic rings. The third-order valence-electron chi connectivity index (χ3n) is 3.83. The maximum absolute atomic E-state index is 12.6. The topological polar surface area (TPSA) is 102 Å². The molecular weight excluding hydrogens is 332 g/mol. The number of rotatable bonds is 8. The van der Waals surface area contributed by atoms with E-state index in [1.165, 1.54) is 12.1 Å². The fourth-order valence-corrected chi connectivity index (χ4v) is 2.46. The molecule has 6 heteroatoms. The van der Waals surface area contributed by atoms with Crippen molar-refractivity contribution < 1.29 is 19.4 Å². The van der Waals surface area contributed by atoms with E-state index < -0.39 is 18.0 Å². The fraction of sp³-hybridized carbons (Fsp3) is 0.300. The van der Waals surface area contributed by atoms with Crippen LogP contribution in [0.3, 0.4) is 0 Å². The van der Waals surface area contributed by atoms with Crippen molar-refractivity contribution in [2.45, 2.75) is 26.5 Å². The van der Waals surface area contributed by atoms with E-state index in [0.29, 0.717) is 18.0 Å². The van der Waals surface area contributed by atoms with E-state index in [2.05, 4.69) is 5.32 Å². The molecule has 0 aliphatic carbocycles. The second-order valence-corrected chi connectivity index (χ2v) is 6.48. The Morgan fingerprint density at radius 1 is 1.15 bits per heavy atom. The summed E-state index contributed by atoms with van der Waals surface area (Å²) in [6.45, 7) is 4.80. The van der Waals surface area contributed by atoms with Crippen LogP contribution >= 0.6 is 0 Å². The second-order valence-electron chi connectivity index (χ2n) is 6.48. The fourth-order valence-electron chi connectivity index (χ4n) is 2.46. The number of hydrogen-bond acceptors (Lipinski definition) is 5. The maximum Gasteiger partial charge on any atom is 0.335 e. The molecule has 0 aliphatic rings. The summed E-state index contributed by atoms with van der Waals surface area (Å²) in [6.07, 6.45) is 0. The molecule has 2 rings (SSSR count). The van der Waals surface area contributed by atoms with Gasteiger partial charge in [0.1, 0.15) is 12.6 Å². The smallest absolute Gasteiger partial charge is 0.335 e. The molecule has 0 radical (unpaired) electrons. The largest absolute Gasteiger partial charge is 0.478 e. The number of ether oxygens (including phenoxy) is 1. The standard InChI is InChI=1S/C20H24N2O4/c1-13(2)11-22-18(16-9-8-15(19(23)24)10-17(16)21)20(25)26-12-14-6-4-3-5-7-14/h3-10,13,18,22H,11-12,21H2,1-2H3,(H,23,24)/t18-/m0/s1. The van der Waals surface area contributed by atoms with Crippen LogP contribution in [-0.2, 0) is 16.1 Å². The molecule has 0 spiro atoms. The molecule has 0 unspecified atom stereocenters. The van der Waals surface area contributed by atoms with Crippen LogP contribution in [0.2, 0.25) is 0 Å². The Labute approximate surface area is 153 Å². The zero-order chi connectivity index (χ0) is 19.1. The summed E-state index contributed by atoms with van der Waals surface area (Å²) in [5, 5.41) is 12.2. The highest BCUT2D eigenvalue weighted by atomic mass is 16.5. The summed E-state index contributed by atoms with van der Waals surface area (Å²) in [5.74, 6) is -1.20. The SMILES string of the molecule is CC(C)CN[C@H](C(=O)OCc1ccccc1)c1ccc(C(=O)O)cc1N. The van der Waals surface area contributed by atoms with Gasteiger partial charge in [-0.05, 0) is 30.2 Å². The van der Waals surface area contributed by atoms with Gasteiger partial charge in [0.15, 0.2) is 0 Å². The Kier molecular flexibility index (Phi) is 6.74. The average Bonchev–Trinajstić information content (AvgIpc) is 2.61. The Morgan fingerprint density at radius 3 is 2.42 bits per heavy atom. The van der Waals surface area contributed by atoms with Gasteiger partial charge in [0.25, 0.3) is 0 Å². The highest BCUT2D eigenvalue weighted by Gasteiger charge is 2.25. The van der Waals surface area contributed by atoms with Crippen molar-refractivity contribution in [1.29, 1.82) is 0 Å². The van der Waals surface area contributed by atoms with Crippen molar-refractivity contribution in [3.63, 3.8) is 0 Å². The van der Waals surface area contributed by atoms with E-state index >= 15 is 0 Å². The molecule has 2 aromatic carbocycles. The Hall–Kier alpha value is -2.86. The van der Waals surface area contributed by atoms with Crippen molar-refractivity contribution in [3.8, 4) is 0 Å². The molecule has 0 saturated carbocycles. The molecule has 138 valence electrons. The molecule has 6 nitrogen and oxygen atoms in total. The van der Waals surface area contributed by atoms with Crippen molar-refractivity contribution in [3.05, 3.63) is 65.2 Å². The van der Waals surface area contributed by atoms with Gasteiger partial charge < -0.3 is 20.9 Å². The van der Waals surface area contributed by atoms with E-state index in [1.807, 2.05) is 44.2 Å². The van der Waals surface area contributed by atoms with E-state index in [4.69, 9.17) is 15.6 Å². The zero-order valence-electron chi connectivity index (χ0n) is 14.9. The monoisotopic (exact) mass is 356 g/mol. The minimum Gasteiger partial charge on any atom is -0.478 e. The number of carbonyl (C=O) groups is 2. The van der Waals surface area contributed by atoms with Gasteiger partial charge in [0, 0.05) is 11.3 Å². The van der Waals surface area contributed by atoms with Crippen LogP contribution in [0.1, 0.15) is 41.4 Å². The predicted molar refractivity (Wildman–Crippen MR) is 99.6 cm³/mol. The number of benzene rings is 2. The van der Waals surface area contributed by atoms with E-state index in [1.54, 1.807) is 6.07 Å². The molecule has 0 aromatic heterocycles. The first-order valence-corrected chi connectivity index (χ1v) is 8.45. The van der Waals surface area contributed by atoms with Crippen LogP contribution in [-0.4, -0.2) is 23.6 Å².